The van der Waals surface area contributed by atoms with Crippen LogP contribution in [0.1, 0.15) is 32.1 Å². The maximum absolute atomic E-state index is 12.1. The van der Waals surface area contributed by atoms with Crippen LogP contribution in [0.5, 0.6) is 5.75 Å². The van der Waals surface area contributed by atoms with Crippen LogP contribution in [0.25, 0.3) is 0 Å². The number of hydrogen-bond acceptors (Lipinski definition) is 5. The molecule has 0 radical (unpaired) electrons. The van der Waals surface area contributed by atoms with Crippen LogP contribution in [0.3, 0.4) is 0 Å². The number of aromatic nitrogens is 2. The Hall–Kier alpha value is -2.96. The van der Waals surface area contributed by atoms with Gasteiger partial charge in [-0.1, -0.05) is 6.07 Å². The Morgan fingerprint density at radius 1 is 1.10 bits per heavy atom. The molecule has 0 bridgehead atoms. The summed E-state index contributed by atoms with van der Waals surface area (Å²) in [6.45, 7) is 3.51. The molecule has 2 aromatic rings. The number of aryl methyl sites for hydroxylation is 2. The van der Waals surface area contributed by atoms with Crippen molar-refractivity contribution in [3.8, 4) is 5.75 Å². The molecule has 0 saturated heterocycles. The molecule has 1 amide bonds. The van der Waals surface area contributed by atoms with Crippen LogP contribution in [0.15, 0.2) is 24.5 Å². The third-order valence-corrected chi connectivity index (χ3v) is 2.81. The Bertz CT molecular complexity index is 728. The van der Waals surface area contributed by atoms with Crippen LogP contribution >= 0.6 is 0 Å². The summed E-state index contributed by atoms with van der Waals surface area (Å²) in [7, 11) is 0. The van der Waals surface area contributed by atoms with Crippen molar-refractivity contribution in [1.82, 2.24) is 9.97 Å². The molecule has 3 N–H and O–H groups in total. The number of carboxylic acids is 1. The first-order valence-corrected chi connectivity index (χ1v) is 6.06. The zero-order chi connectivity index (χ0) is 15.6. The molecule has 108 valence electrons. The molecule has 0 fully saturated rings. The number of amides is 1. The average molecular weight is 287 g/mol. The van der Waals surface area contributed by atoms with Gasteiger partial charge in [0.05, 0.1) is 5.69 Å². The number of nitrogens with one attached hydrogen (secondary N) is 1. The van der Waals surface area contributed by atoms with Crippen molar-refractivity contribution in [2.75, 3.05) is 5.32 Å². The number of aromatic carboxylic acids is 1. The normalized spacial score (nSPS) is 10.2. The van der Waals surface area contributed by atoms with E-state index in [4.69, 9.17) is 5.11 Å². The zero-order valence-corrected chi connectivity index (χ0v) is 11.4. The Labute approximate surface area is 120 Å². The van der Waals surface area contributed by atoms with E-state index >= 15 is 0 Å². The van der Waals surface area contributed by atoms with E-state index < -0.39 is 17.6 Å². The Kier molecular flexibility index (Phi) is 3.84. The molecular weight excluding hydrogens is 274 g/mol. The van der Waals surface area contributed by atoms with Gasteiger partial charge in [0.25, 0.3) is 5.91 Å². The molecular formula is C14H13N3O4. The number of hydrogen-bond donors (Lipinski definition) is 3. The summed E-state index contributed by atoms with van der Waals surface area (Å²) in [5, 5.41) is 21.4. The van der Waals surface area contributed by atoms with Crippen molar-refractivity contribution in [3.63, 3.8) is 0 Å². The van der Waals surface area contributed by atoms with Gasteiger partial charge >= 0.3 is 5.97 Å². The monoisotopic (exact) mass is 287 g/mol. The van der Waals surface area contributed by atoms with Crippen LogP contribution < -0.4 is 5.32 Å². The van der Waals surface area contributed by atoms with Crippen LogP contribution in [-0.2, 0) is 0 Å². The summed E-state index contributed by atoms with van der Waals surface area (Å²) in [4.78, 5) is 30.5. The highest BCUT2D eigenvalue weighted by Gasteiger charge is 2.20. The number of carboxylic acid groups (broad SMARTS) is 1. The molecule has 1 aromatic heterocycles. The van der Waals surface area contributed by atoms with Gasteiger partial charge in [-0.15, -0.1) is 0 Å². The fourth-order valence-corrected chi connectivity index (χ4v) is 1.90. The molecule has 2 rings (SSSR count). The van der Waals surface area contributed by atoms with E-state index in [1.54, 1.807) is 19.1 Å². The predicted molar refractivity (Wildman–Crippen MR) is 74.5 cm³/mol. The Morgan fingerprint density at radius 3 is 2.33 bits per heavy atom. The predicted octanol–water partition coefficient (Wildman–Crippen LogP) is 1.75. The van der Waals surface area contributed by atoms with Crippen molar-refractivity contribution in [1.29, 1.82) is 0 Å². The minimum atomic E-state index is -1.35. The molecule has 0 aliphatic rings. The van der Waals surface area contributed by atoms with Crippen LogP contribution in [0.4, 0.5) is 5.69 Å². The number of carbonyl (C=O) groups is 2. The number of nitrogens with zero attached hydrogens (tertiary/aromatic N) is 2. The lowest BCUT2D eigenvalue weighted by Crippen LogP contribution is -2.19. The van der Waals surface area contributed by atoms with E-state index in [1.165, 1.54) is 12.4 Å². The van der Waals surface area contributed by atoms with E-state index in [1.807, 2.05) is 6.92 Å². The average Bonchev–Trinajstić information content (AvgIpc) is 2.44. The van der Waals surface area contributed by atoms with E-state index in [0.29, 0.717) is 5.56 Å². The van der Waals surface area contributed by atoms with E-state index in [-0.39, 0.29) is 17.1 Å². The van der Waals surface area contributed by atoms with E-state index in [2.05, 4.69) is 15.3 Å². The lowest BCUT2D eigenvalue weighted by Gasteiger charge is -2.10. The fraction of sp³-hybridized carbons (Fsp3) is 0.143. The molecule has 0 spiro atoms. The third kappa shape index (κ3) is 2.97. The minimum absolute atomic E-state index is 0.0743. The lowest BCUT2D eigenvalue weighted by atomic mass is 10.1. The number of phenolic OH excluding ortho intramolecular Hbond substituents is 1. The van der Waals surface area contributed by atoms with Gasteiger partial charge in [0.2, 0.25) is 0 Å². The van der Waals surface area contributed by atoms with Crippen LogP contribution in [0.2, 0.25) is 0 Å². The molecule has 0 unspecified atom stereocenters. The standard InChI is InChI=1S/C14H13N3O4/c1-7-5-8(2)12(18)9(6-7)17-13(19)10-11(14(20)21)16-4-3-15-10/h3-6,18H,1-2H3,(H,17,19)(H,20,21). The van der Waals surface area contributed by atoms with Crippen LogP contribution in [-0.4, -0.2) is 32.1 Å². The molecule has 0 atom stereocenters. The first kappa shape index (κ1) is 14.4. The highest BCUT2D eigenvalue weighted by Crippen LogP contribution is 2.29. The lowest BCUT2D eigenvalue weighted by molar-refractivity contribution is 0.0685. The van der Waals surface area contributed by atoms with Crippen molar-refractivity contribution in [3.05, 3.63) is 47.0 Å². The van der Waals surface area contributed by atoms with Gasteiger partial charge in [-0.3, -0.25) is 4.79 Å². The van der Waals surface area contributed by atoms with Gasteiger partial charge < -0.3 is 15.5 Å². The van der Waals surface area contributed by atoms with Crippen LogP contribution in [0, 0.1) is 13.8 Å². The second-order valence-corrected chi connectivity index (χ2v) is 4.49. The number of benzene rings is 1. The Balaban J connectivity index is 2.38. The summed E-state index contributed by atoms with van der Waals surface area (Å²) in [5.41, 5.74) is 0.878. The molecule has 7 nitrogen and oxygen atoms in total. The Morgan fingerprint density at radius 2 is 1.71 bits per heavy atom. The molecule has 0 aliphatic heterocycles. The van der Waals surface area contributed by atoms with Gasteiger partial charge in [-0.25, -0.2) is 14.8 Å². The third-order valence-electron chi connectivity index (χ3n) is 2.81. The highest BCUT2D eigenvalue weighted by atomic mass is 16.4. The number of aromatic hydroxyl groups is 1. The van der Waals surface area contributed by atoms with Gasteiger partial charge in [-0.05, 0) is 31.0 Å². The maximum atomic E-state index is 12.1. The summed E-state index contributed by atoms with van der Waals surface area (Å²) in [5.74, 6) is -2.17. The van der Waals surface area contributed by atoms with Crippen molar-refractivity contribution < 1.29 is 19.8 Å². The number of rotatable bonds is 3. The van der Waals surface area contributed by atoms with E-state index in [0.717, 1.165) is 5.56 Å². The molecule has 0 saturated carbocycles. The fourth-order valence-electron chi connectivity index (χ4n) is 1.90. The first-order chi connectivity index (χ1) is 9.90. The SMILES string of the molecule is Cc1cc(C)c(O)c(NC(=O)c2nccnc2C(=O)O)c1. The molecule has 0 aliphatic carbocycles. The second-order valence-electron chi connectivity index (χ2n) is 4.49. The summed E-state index contributed by atoms with van der Waals surface area (Å²) < 4.78 is 0. The van der Waals surface area contributed by atoms with Gasteiger partial charge in [-0.2, -0.15) is 0 Å². The molecule has 1 aromatic carbocycles. The molecule has 1 heterocycles. The highest BCUT2D eigenvalue weighted by molar-refractivity contribution is 6.09. The second kappa shape index (κ2) is 5.58. The summed E-state index contributed by atoms with van der Waals surface area (Å²) in [6.07, 6.45) is 2.41. The summed E-state index contributed by atoms with van der Waals surface area (Å²) >= 11 is 0. The maximum Gasteiger partial charge on any atom is 0.356 e. The van der Waals surface area contributed by atoms with Crippen molar-refractivity contribution in [2.24, 2.45) is 0 Å². The molecule has 7 heteroatoms. The van der Waals surface area contributed by atoms with Gasteiger partial charge in [0, 0.05) is 12.4 Å². The number of anilines is 1. The van der Waals surface area contributed by atoms with Gasteiger partial charge in [0.15, 0.2) is 11.4 Å². The first-order valence-electron chi connectivity index (χ1n) is 6.06. The smallest absolute Gasteiger partial charge is 0.356 e. The quantitative estimate of drug-likeness (QED) is 0.741. The van der Waals surface area contributed by atoms with E-state index in [9.17, 15) is 14.7 Å². The largest absolute Gasteiger partial charge is 0.505 e. The molecule has 21 heavy (non-hydrogen) atoms. The topological polar surface area (TPSA) is 112 Å². The van der Waals surface area contributed by atoms with Crippen molar-refractivity contribution in [2.45, 2.75) is 13.8 Å². The zero-order valence-electron chi connectivity index (χ0n) is 11.4. The van der Waals surface area contributed by atoms with Crippen molar-refractivity contribution >= 4 is 17.6 Å². The number of carbonyl (C=O) groups excluding carboxylic acids is 1. The minimum Gasteiger partial charge on any atom is -0.505 e. The number of phenols is 1. The van der Waals surface area contributed by atoms with Gasteiger partial charge in [0.1, 0.15) is 5.75 Å². The summed E-state index contributed by atoms with van der Waals surface area (Å²) in [6, 6.07) is 3.34.